The summed E-state index contributed by atoms with van der Waals surface area (Å²) in [5.41, 5.74) is 1.92. The number of amides is 2. The molecule has 5 rings (SSSR count). The summed E-state index contributed by atoms with van der Waals surface area (Å²) in [4.78, 5) is 30.5. The quantitative estimate of drug-likeness (QED) is 0.177. The van der Waals surface area contributed by atoms with Crippen LogP contribution in [0, 0.1) is 0 Å². The second kappa shape index (κ2) is 16.3. The first-order valence-electron chi connectivity index (χ1n) is 16.3. The molecule has 1 fully saturated rings. The summed E-state index contributed by atoms with van der Waals surface area (Å²) in [6.45, 7) is -0.469. The molecule has 0 saturated heterocycles. The van der Waals surface area contributed by atoms with Crippen LogP contribution in [0.1, 0.15) is 43.2 Å². The van der Waals surface area contributed by atoms with Crippen LogP contribution in [0.4, 0.5) is 5.69 Å². The number of ether oxygens (including phenoxy) is 2. The Morgan fingerprint density at radius 2 is 1.40 bits per heavy atom. The lowest BCUT2D eigenvalue weighted by Crippen LogP contribution is -2.55. The minimum Gasteiger partial charge on any atom is -0.497 e. The molecule has 0 spiro atoms. The maximum Gasteiger partial charge on any atom is 0.264 e. The molecule has 0 heterocycles. The Bertz CT molecular complexity index is 1740. The van der Waals surface area contributed by atoms with Gasteiger partial charge in [0.15, 0.2) is 0 Å². The summed E-state index contributed by atoms with van der Waals surface area (Å²) in [5, 5.41) is 3.23. The number of rotatable bonds is 14. The highest BCUT2D eigenvalue weighted by atomic mass is 32.2. The average Bonchev–Trinajstić information content (AvgIpc) is 3.13. The van der Waals surface area contributed by atoms with Crippen LogP contribution in [0.25, 0.3) is 0 Å². The number of benzene rings is 4. The van der Waals surface area contributed by atoms with Gasteiger partial charge in [-0.25, -0.2) is 8.42 Å². The molecule has 0 bridgehead atoms. The van der Waals surface area contributed by atoms with Crippen LogP contribution in [-0.4, -0.2) is 58.0 Å². The molecule has 0 aliphatic heterocycles. The van der Waals surface area contributed by atoms with E-state index in [4.69, 9.17) is 9.47 Å². The van der Waals surface area contributed by atoms with E-state index in [2.05, 4.69) is 5.32 Å². The zero-order valence-electron chi connectivity index (χ0n) is 27.5. The summed E-state index contributed by atoms with van der Waals surface area (Å²) in [5.74, 6) is 0.374. The number of carbonyl (C=O) groups is 2. The lowest BCUT2D eigenvalue weighted by atomic mass is 9.94. The first-order valence-corrected chi connectivity index (χ1v) is 17.7. The molecule has 1 aliphatic rings. The molecule has 0 aromatic heterocycles. The van der Waals surface area contributed by atoms with Crippen molar-refractivity contribution in [1.29, 1.82) is 0 Å². The van der Waals surface area contributed by atoms with Gasteiger partial charge in [0.25, 0.3) is 10.0 Å². The number of anilines is 1. The SMILES string of the molecule is COc1ccc(N(CC(=O)N(Cc2cccc(OC)c2)[C@H](Cc2ccccc2)C(=O)NC2CCCCC2)S(=O)(=O)c2ccccc2)cc1. The Kier molecular flexibility index (Phi) is 11.7. The van der Waals surface area contributed by atoms with Gasteiger partial charge in [-0.3, -0.25) is 13.9 Å². The van der Waals surface area contributed by atoms with Crippen LogP contribution in [0.2, 0.25) is 0 Å². The van der Waals surface area contributed by atoms with E-state index in [1.807, 2.05) is 54.6 Å². The van der Waals surface area contributed by atoms with Crippen molar-refractivity contribution in [1.82, 2.24) is 10.2 Å². The van der Waals surface area contributed by atoms with Gasteiger partial charge in [-0.05, 0) is 72.5 Å². The van der Waals surface area contributed by atoms with Crippen molar-refractivity contribution in [3.63, 3.8) is 0 Å². The molecule has 1 N–H and O–H groups in total. The fraction of sp³-hybridized carbons (Fsp3) is 0.316. The minimum atomic E-state index is -4.19. The monoisotopic (exact) mass is 669 g/mol. The minimum absolute atomic E-state index is 0.0209. The van der Waals surface area contributed by atoms with Gasteiger partial charge in [0, 0.05) is 19.0 Å². The van der Waals surface area contributed by atoms with Crippen LogP contribution >= 0.6 is 0 Å². The van der Waals surface area contributed by atoms with Crippen molar-refractivity contribution in [3.8, 4) is 11.5 Å². The average molecular weight is 670 g/mol. The molecular weight excluding hydrogens is 627 g/mol. The summed E-state index contributed by atoms with van der Waals surface area (Å²) >= 11 is 0. The maximum atomic E-state index is 14.7. The van der Waals surface area contributed by atoms with Crippen LogP contribution in [0.3, 0.4) is 0 Å². The highest BCUT2D eigenvalue weighted by Crippen LogP contribution is 2.27. The highest BCUT2D eigenvalue weighted by Gasteiger charge is 2.35. The van der Waals surface area contributed by atoms with Gasteiger partial charge in [-0.1, -0.05) is 79.9 Å². The van der Waals surface area contributed by atoms with Gasteiger partial charge in [-0.2, -0.15) is 0 Å². The Hall–Kier alpha value is -4.83. The van der Waals surface area contributed by atoms with Crippen molar-refractivity contribution < 1.29 is 27.5 Å². The van der Waals surface area contributed by atoms with E-state index < -0.39 is 28.5 Å². The topological polar surface area (TPSA) is 105 Å². The number of sulfonamides is 1. The van der Waals surface area contributed by atoms with Crippen LogP contribution in [0.5, 0.6) is 11.5 Å². The lowest BCUT2D eigenvalue weighted by molar-refractivity contribution is -0.140. The van der Waals surface area contributed by atoms with Gasteiger partial charge in [0.05, 0.1) is 24.8 Å². The van der Waals surface area contributed by atoms with E-state index in [0.717, 1.165) is 47.5 Å². The van der Waals surface area contributed by atoms with Crippen LogP contribution in [0.15, 0.2) is 114 Å². The lowest BCUT2D eigenvalue weighted by Gasteiger charge is -2.35. The second-order valence-corrected chi connectivity index (χ2v) is 13.8. The van der Waals surface area contributed by atoms with Crippen molar-refractivity contribution in [3.05, 3.63) is 120 Å². The van der Waals surface area contributed by atoms with Gasteiger partial charge in [0.1, 0.15) is 24.1 Å². The molecule has 4 aromatic carbocycles. The molecule has 4 aromatic rings. The molecule has 0 unspecified atom stereocenters. The predicted molar refractivity (Wildman–Crippen MR) is 186 cm³/mol. The number of nitrogens with one attached hydrogen (secondary N) is 1. The first-order chi connectivity index (χ1) is 23.3. The zero-order chi connectivity index (χ0) is 33.9. The van der Waals surface area contributed by atoms with Gasteiger partial charge >= 0.3 is 0 Å². The third kappa shape index (κ3) is 8.74. The number of hydrogen-bond donors (Lipinski definition) is 1. The van der Waals surface area contributed by atoms with E-state index >= 15 is 0 Å². The molecule has 9 nitrogen and oxygen atoms in total. The predicted octanol–water partition coefficient (Wildman–Crippen LogP) is 5.99. The van der Waals surface area contributed by atoms with E-state index in [1.165, 1.54) is 24.1 Å². The van der Waals surface area contributed by atoms with Crippen molar-refractivity contribution in [2.45, 2.75) is 62.0 Å². The fourth-order valence-electron chi connectivity index (χ4n) is 6.06. The van der Waals surface area contributed by atoms with Crippen molar-refractivity contribution in [2.24, 2.45) is 0 Å². The standard InChI is InChI=1S/C38H43N3O6S/c1-46-33-23-21-32(22-24-33)41(48(44,45)35-19-10-5-11-20-35)28-37(42)40(27-30-15-12-18-34(25-30)47-2)36(26-29-13-6-3-7-14-29)38(43)39-31-16-8-4-9-17-31/h3,5-7,10-15,18-25,31,36H,4,8-9,16-17,26-28H2,1-2H3,(H,39,43)/t36-/m1/s1. The first kappa shape index (κ1) is 34.5. The van der Waals surface area contributed by atoms with Gasteiger partial charge < -0.3 is 19.7 Å². The normalized spacial score (nSPS) is 14.0. The molecular formula is C38H43N3O6S. The second-order valence-electron chi connectivity index (χ2n) is 11.9. The summed E-state index contributed by atoms with van der Waals surface area (Å²) in [7, 11) is -1.09. The third-order valence-corrected chi connectivity index (χ3v) is 10.5. The Balaban J connectivity index is 1.56. The van der Waals surface area contributed by atoms with E-state index in [1.54, 1.807) is 49.6 Å². The molecule has 10 heteroatoms. The number of methoxy groups -OCH3 is 2. The van der Waals surface area contributed by atoms with Gasteiger partial charge in [-0.15, -0.1) is 0 Å². The van der Waals surface area contributed by atoms with E-state index in [-0.39, 0.29) is 29.8 Å². The largest absolute Gasteiger partial charge is 0.497 e. The number of hydrogen-bond acceptors (Lipinski definition) is 6. The summed E-state index contributed by atoms with van der Waals surface area (Å²) in [6, 6.07) is 30.5. The number of nitrogens with zero attached hydrogens (tertiary/aromatic N) is 2. The Morgan fingerprint density at radius 1 is 0.771 bits per heavy atom. The molecule has 2 amide bonds. The Morgan fingerprint density at radius 3 is 2.04 bits per heavy atom. The molecule has 1 saturated carbocycles. The van der Waals surface area contributed by atoms with Crippen LogP contribution in [-0.2, 0) is 32.6 Å². The highest BCUT2D eigenvalue weighted by molar-refractivity contribution is 7.92. The third-order valence-electron chi connectivity index (χ3n) is 8.68. The summed E-state index contributed by atoms with van der Waals surface area (Å²) < 4.78 is 40.2. The molecule has 1 aliphatic carbocycles. The van der Waals surface area contributed by atoms with E-state index in [9.17, 15) is 18.0 Å². The van der Waals surface area contributed by atoms with Crippen LogP contribution < -0.4 is 19.1 Å². The molecule has 48 heavy (non-hydrogen) atoms. The molecule has 0 radical (unpaired) electrons. The molecule has 1 atom stereocenters. The van der Waals surface area contributed by atoms with Gasteiger partial charge in [0.2, 0.25) is 11.8 Å². The summed E-state index contributed by atoms with van der Waals surface area (Å²) in [6.07, 6.45) is 5.23. The Labute approximate surface area is 283 Å². The van der Waals surface area contributed by atoms with Crippen molar-refractivity contribution >= 4 is 27.5 Å². The maximum absolute atomic E-state index is 14.7. The number of carbonyl (C=O) groups excluding carboxylic acids is 2. The van der Waals surface area contributed by atoms with E-state index in [0.29, 0.717) is 17.2 Å². The van der Waals surface area contributed by atoms with Crippen molar-refractivity contribution in [2.75, 3.05) is 25.1 Å². The fourth-order valence-corrected chi connectivity index (χ4v) is 7.50. The molecule has 252 valence electrons. The smallest absolute Gasteiger partial charge is 0.264 e. The zero-order valence-corrected chi connectivity index (χ0v) is 28.3.